The average Bonchev–Trinajstić information content (AvgIpc) is 2.69. The fourth-order valence-electron chi connectivity index (χ4n) is 2.41. The standard InChI is InChI=1S/C20H21BrFN3O4/c21-17-6-5-14(22)12-16(17)20(29)25-10-7-18(27)23-8-2-9-24-19(28)13-3-1-4-15(26)11-13/h1,3-6,11-12,26H,2,7-10H2,(H,23,27)(H,24,28)(H,25,29). The third-order valence-electron chi connectivity index (χ3n) is 3.88. The molecular weight excluding hydrogens is 445 g/mol. The number of carbonyl (C=O) groups is 3. The summed E-state index contributed by atoms with van der Waals surface area (Å²) in [4.78, 5) is 35.7. The van der Waals surface area contributed by atoms with Gasteiger partial charge in [-0.2, -0.15) is 0 Å². The maximum atomic E-state index is 13.2. The number of halogens is 2. The van der Waals surface area contributed by atoms with Crippen molar-refractivity contribution >= 4 is 33.7 Å². The maximum absolute atomic E-state index is 13.2. The van der Waals surface area contributed by atoms with Crippen LogP contribution in [0.1, 0.15) is 33.6 Å². The topological polar surface area (TPSA) is 108 Å². The van der Waals surface area contributed by atoms with Crippen LogP contribution in [0.3, 0.4) is 0 Å². The Kier molecular flexibility index (Phi) is 8.60. The summed E-state index contributed by atoms with van der Waals surface area (Å²) in [6.07, 6.45) is 0.604. The van der Waals surface area contributed by atoms with E-state index in [9.17, 15) is 23.9 Å². The summed E-state index contributed by atoms with van der Waals surface area (Å²) in [7, 11) is 0. The molecule has 2 aromatic carbocycles. The zero-order valence-corrected chi connectivity index (χ0v) is 17.1. The van der Waals surface area contributed by atoms with Crippen LogP contribution in [0.4, 0.5) is 4.39 Å². The summed E-state index contributed by atoms with van der Waals surface area (Å²) in [5, 5.41) is 17.3. The molecule has 9 heteroatoms. The Hall–Kier alpha value is -2.94. The Balaban J connectivity index is 1.59. The Labute approximate surface area is 175 Å². The molecule has 0 aliphatic carbocycles. The predicted molar refractivity (Wildman–Crippen MR) is 109 cm³/mol. The molecule has 4 N–H and O–H groups in total. The molecule has 0 radical (unpaired) electrons. The zero-order chi connectivity index (χ0) is 21.2. The Morgan fingerprint density at radius 2 is 1.66 bits per heavy atom. The number of carbonyl (C=O) groups excluding carboxylic acids is 3. The number of amides is 3. The van der Waals surface area contributed by atoms with Gasteiger partial charge < -0.3 is 21.1 Å². The van der Waals surface area contributed by atoms with Gasteiger partial charge in [-0.05, 0) is 58.7 Å². The van der Waals surface area contributed by atoms with E-state index in [4.69, 9.17) is 0 Å². The summed E-state index contributed by atoms with van der Waals surface area (Å²) >= 11 is 3.18. The first kappa shape index (κ1) is 22.4. The van der Waals surface area contributed by atoms with Crippen LogP contribution >= 0.6 is 15.9 Å². The minimum absolute atomic E-state index is 0.0155. The molecule has 0 saturated heterocycles. The Morgan fingerprint density at radius 1 is 0.931 bits per heavy atom. The van der Waals surface area contributed by atoms with E-state index in [1.54, 1.807) is 12.1 Å². The van der Waals surface area contributed by atoms with Gasteiger partial charge in [-0.1, -0.05) is 6.07 Å². The van der Waals surface area contributed by atoms with E-state index < -0.39 is 11.7 Å². The molecule has 0 aliphatic rings. The van der Waals surface area contributed by atoms with Crippen molar-refractivity contribution < 1.29 is 23.9 Å². The van der Waals surface area contributed by atoms with E-state index in [1.807, 2.05) is 0 Å². The highest BCUT2D eigenvalue weighted by molar-refractivity contribution is 9.10. The molecule has 0 aliphatic heterocycles. The van der Waals surface area contributed by atoms with Crippen LogP contribution in [0.2, 0.25) is 0 Å². The van der Waals surface area contributed by atoms with Crippen molar-refractivity contribution in [2.45, 2.75) is 12.8 Å². The van der Waals surface area contributed by atoms with E-state index in [0.717, 1.165) is 6.07 Å². The van der Waals surface area contributed by atoms with Crippen molar-refractivity contribution in [3.8, 4) is 5.75 Å². The molecule has 0 saturated carbocycles. The molecule has 2 aromatic rings. The highest BCUT2D eigenvalue weighted by Crippen LogP contribution is 2.17. The number of aromatic hydroxyl groups is 1. The average molecular weight is 466 g/mol. The van der Waals surface area contributed by atoms with Gasteiger partial charge in [0.15, 0.2) is 0 Å². The largest absolute Gasteiger partial charge is 0.508 e. The monoisotopic (exact) mass is 465 g/mol. The van der Waals surface area contributed by atoms with Crippen LogP contribution in [-0.4, -0.2) is 42.5 Å². The number of hydrogen-bond acceptors (Lipinski definition) is 4. The fourth-order valence-corrected chi connectivity index (χ4v) is 2.84. The highest BCUT2D eigenvalue weighted by atomic mass is 79.9. The van der Waals surface area contributed by atoms with Gasteiger partial charge >= 0.3 is 0 Å². The highest BCUT2D eigenvalue weighted by Gasteiger charge is 2.11. The summed E-state index contributed by atoms with van der Waals surface area (Å²) in [6.45, 7) is 0.837. The molecule has 0 atom stereocenters. The minimum Gasteiger partial charge on any atom is -0.508 e. The summed E-state index contributed by atoms with van der Waals surface area (Å²) in [5.74, 6) is -1.53. The van der Waals surface area contributed by atoms with Crippen LogP contribution in [0.15, 0.2) is 46.9 Å². The second kappa shape index (κ2) is 11.2. The zero-order valence-electron chi connectivity index (χ0n) is 15.5. The third kappa shape index (κ3) is 7.53. The van der Waals surface area contributed by atoms with Gasteiger partial charge in [0.1, 0.15) is 11.6 Å². The van der Waals surface area contributed by atoms with Gasteiger partial charge in [0.05, 0.1) is 5.56 Å². The van der Waals surface area contributed by atoms with Crippen molar-refractivity contribution in [2.75, 3.05) is 19.6 Å². The van der Waals surface area contributed by atoms with Crippen molar-refractivity contribution in [1.29, 1.82) is 0 Å². The SMILES string of the molecule is O=C(CCNC(=O)c1cc(F)ccc1Br)NCCCNC(=O)c1cccc(O)c1. The van der Waals surface area contributed by atoms with E-state index in [-0.39, 0.29) is 36.1 Å². The molecule has 0 fully saturated rings. The lowest BCUT2D eigenvalue weighted by Gasteiger charge is -2.09. The van der Waals surface area contributed by atoms with E-state index >= 15 is 0 Å². The second-order valence-corrected chi connectivity index (χ2v) is 6.99. The number of rotatable bonds is 9. The molecule has 29 heavy (non-hydrogen) atoms. The maximum Gasteiger partial charge on any atom is 0.252 e. The van der Waals surface area contributed by atoms with Crippen LogP contribution in [0.5, 0.6) is 5.75 Å². The van der Waals surface area contributed by atoms with E-state index in [2.05, 4.69) is 31.9 Å². The van der Waals surface area contributed by atoms with Crippen LogP contribution in [-0.2, 0) is 4.79 Å². The van der Waals surface area contributed by atoms with Crippen LogP contribution < -0.4 is 16.0 Å². The lowest BCUT2D eigenvalue weighted by molar-refractivity contribution is -0.120. The predicted octanol–water partition coefficient (Wildman–Crippen LogP) is 2.35. The number of nitrogens with one attached hydrogen (secondary N) is 3. The minimum atomic E-state index is -0.521. The molecule has 0 heterocycles. The molecule has 0 aromatic heterocycles. The molecule has 7 nitrogen and oxygen atoms in total. The normalized spacial score (nSPS) is 10.3. The molecule has 2 rings (SSSR count). The van der Waals surface area contributed by atoms with E-state index in [0.29, 0.717) is 29.5 Å². The lowest BCUT2D eigenvalue weighted by Crippen LogP contribution is -2.33. The van der Waals surface area contributed by atoms with Gasteiger partial charge in [0.25, 0.3) is 11.8 Å². The summed E-state index contributed by atoms with van der Waals surface area (Å²) in [5.41, 5.74) is 0.516. The first-order valence-electron chi connectivity index (χ1n) is 8.94. The van der Waals surface area contributed by atoms with Gasteiger partial charge in [-0.15, -0.1) is 0 Å². The summed E-state index contributed by atoms with van der Waals surface area (Å²) < 4.78 is 13.7. The first-order chi connectivity index (χ1) is 13.9. The number of phenolic OH excluding ortho intramolecular Hbond substituents is 1. The molecule has 154 valence electrons. The molecule has 0 unspecified atom stereocenters. The Morgan fingerprint density at radius 3 is 2.41 bits per heavy atom. The van der Waals surface area contributed by atoms with Gasteiger partial charge in [-0.3, -0.25) is 14.4 Å². The quantitative estimate of drug-likeness (QED) is 0.426. The second-order valence-electron chi connectivity index (χ2n) is 6.14. The van der Waals surface area contributed by atoms with Crippen molar-refractivity contribution in [1.82, 2.24) is 16.0 Å². The van der Waals surface area contributed by atoms with Crippen molar-refractivity contribution in [3.63, 3.8) is 0 Å². The van der Waals surface area contributed by atoms with Crippen LogP contribution in [0.25, 0.3) is 0 Å². The first-order valence-corrected chi connectivity index (χ1v) is 9.73. The Bertz CT molecular complexity index is 892. The summed E-state index contributed by atoms with van der Waals surface area (Å²) in [6, 6.07) is 9.81. The van der Waals surface area contributed by atoms with Crippen molar-refractivity contribution in [2.24, 2.45) is 0 Å². The fraction of sp³-hybridized carbons (Fsp3) is 0.250. The van der Waals surface area contributed by atoms with Gasteiger partial charge in [0, 0.05) is 36.1 Å². The third-order valence-corrected chi connectivity index (χ3v) is 4.57. The number of hydrogen-bond donors (Lipinski definition) is 4. The van der Waals surface area contributed by atoms with Crippen LogP contribution in [0, 0.1) is 5.82 Å². The molecular formula is C20H21BrFN3O4. The molecule has 0 bridgehead atoms. The number of benzene rings is 2. The van der Waals surface area contributed by atoms with E-state index in [1.165, 1.54) is 24.3 Å². The van der Waals surface area contributed by atoms with Crippen molar-refractivity contribution in [3.05, 3.63) is 63.9 Å². The molecule has 3 amide bonds. The molecule has 0 spiro atoms. The smallest absolute Gasteiger partial charge is 0.252 e. The van der Waals surface area contributed by atoms with Gasteiger partial charge in [0.2, 0.25) is 5.91 Å². The lowest BCUT2D eigenvalue weighted by atomic mass is 10.2. The van der Waals surface area contributed by atoms with Gasteiger partial charge in [-0.25, -0.2) is 4.39 Å². The number of phenols is 1.